The zero-order valence-corrected chi connectivity index (χ0v) is 10.6. The summed E-state index contributed by atoms with van der Waals surface area (Å²) in [5.41, 5.74) is 6.73. The Hall–Kier alpha value is -1.88. The van der Waals surface area contributed by atoms with Crippen LogP contribution in [0.2, 0.25) is 0 Å². The highest BCUT2D eigenvalue weighted by Gasteiger charge is 2.11. The molecule has 0 radical (unpaired) electrons. The average molecular weight is 247 g/mol. The zero-order valence-electron chi connectivity index (χ0n) is 10.6. The van der Waals surface area contributed by atoms with Gasteiger partial charge in [0.15, 0.2) is 5.82 Å². The molecule has 2 N–H and O–H groups in total. The highest BCUT2D eigenvalue weighted by atomic mass is 16.5. The van der Waals surface area contributed by atoms with Crippen molar-refractivity contribution < 1.29 is 9.26 Å². The van der Waals surface area contributed by atoms with E-state index in [-0.39, 0.29) is 6.04 Å². The summed E-state index contributed by atoms with van der Waals surface area (Å²) >= 11 is 0. The molecule has 1 aromatic carbocycles. The van der Waals surface area contributed by atoms with Gasteiger partial charge in [-0.2, -0.15) is 4.98 Å². The molecule has 5 heteroatoms. The van der Waals surface area contributed by atoms with Gasteiger partial charge in [0.2, 0.25) is 0 Å². The van der Waals surface area contributed by atoms with Crippen molar-refractivity contribution in [2.24, 2.45) is 5.73 Å². The van der Waals surface area contributed by atoms with E-state index in [9.17, 15) is 0 Å². The van der Waals surface area contributed by atoms with Crippen molar-refractivity contribution in [1.29, 1.82) is 0 Å². The van der Waals surface area contributed by atoms with Crippen LogP contribution in [-0.4, -0.2) is 23.3 Å². The molecule has 1 unspecified atom stereocenters. The van der Waals surface area contributed by atoms with Crippen LogP contribution in [0, 0.1) is 0 Å². The van der Waals surface area contributed by atoms with Crippen LogP contribution >= 0.6 is 0 Å². The molecule has 1 aromatic heterocycles. The molecule has 1 atom stereocenters. The molecule has 5 nitrogen and oxygen atoms in total. The molecule has 0 aliphatic heterocycles. The van der Waals surface area contributed by atoms with Crippen molar-refractivity contribution in [3.63, 3.8) is 0 Å². The maximum Gasteiger partial charge on any atom is 0.257 e. The summed E-state index contributed by atoms with van der Waals surface area (Å²) in [5.74, 6) is 1.96. The molecule has 18 heavy (non-hydrogen) atoms. The predicted molar refractivity (Wildman–Crippen MR) is 68.3 cm³/mol. The summed E-state index contributed by atoms with van der Waals surface area (Å²) in [6.45, 7) is 2.04. The second kappa shape index (κ2) is 5.64. The Labute approximate surface area is 106 Å². The van der Waals surface area contributed by atoms with E-state index < -0.39 is 0 Å². The number of nitrogens with zero attached hydrogens (tertiary/aromatic N) is 2. The molecule has 0 saturated heterocycles. The van der Waals surface area contributed by atoms with Crippen LogP contribution in [0.25, 0.3) is 11.5 Å². The van der Waals surface area contributed by atoms with Crippen LogP contribution in [0.15, 0.2) is 28.8 Å². The highest BCUT2D eigenvalue weighted by Crippen LogP contribution is 2.20. The van der Waals surface area contributed by atoms with E-state index in [1.807, 2.05) is 31.2 Å². The third kappa shape index (κ3) is 2.87. The van der Waals surface area contributed by atoms with E-state index in [1.165, 1.54) is 0 Å². The minimum absolute atomic E-state index is 0.0753. The summed E-state index contributed by atoms with van der Waals surface area (Å²) in [6, 6.07) is 7.56. The largest absolute Gasteiger partial charge is 0.497 e. The summed E-state index contributed by atoms with van der Waals surface area (Å²) in [4.78, 5) is 4.33. The standard InChI is InChI=1S/C13H17N3O2/c1-3-10(14)8-12-15-13(18-16-12)9-4-6-11(17-2)7-5-9/h4-7,10H,3,8,14H2,1-2H3. The number of benzene rings is 1. The van der Waals surface area contributed by atoms with Crippen molar-refractivity contribution in [1.82, 2.24) is 10.1 Å². The summed E-state index contributed by atoms with van der Waals surface area (Å²) in [5, 5.41) is 3.93. The molecule has 0 bridgehead atoms. The molecule has 0 aliphatic rings. The fraction of sp³-hybridized carbons (Fsp3) is 0.385. The molecule has 1 heterocycles. The maximum absolute atomic E-state index is 5.85. The number of rotatable bonds is 5. The molecule has 2 rings (SSSR count). The van der Waals surface area contributed by atoms with Gasteiger partial charge in [0.25, 0.3) is 5.89 Å². The van der Waals surface area contributed by atoms with Crippen LogP contribution in [0.3, 0.4) is 0 Å². The monoisotopic (exact) mass is 247 g/mol. The lowest BCUT2D eigenvalue weighted by Gasteiger charge is -2.02. The maximum atomic E-state index is 5.85. The fourth-order valence-corrected chi connectivity index (χ4v) is 1.57. The Morgan fingerprint density at radius 2 is 2.06 bits per heavy atom. The molecule has 0 saturated carbocycles. The molecule has 0 amide bonds. The SMILES string of the molecule is CCC(N)Cc1noc(-c2ccc(OC)cc2)n1. The number of hydrogen-bond acceptors (Lipinski definition) is 5. The van der Waals surface area contributed by atoms with E-state index in [0.717, 1.165) is 17.7 Å². The lowest BCUT2D eigenvalue weighted by molar-refractivity contribution is 0.413. The van der Waals surface area contributed by atoms with E-state index in [1.54, 1.807) is 7.11 Å². The highest BCUT2D eigenvalue weighted by molar-refractivity contribution is 5.54. The first-order chi connectivity index (χ1) is 8.72. The van der Waals surface area contributed by atoms with Crippen molar-refractivity contribution in [3.05, 3.63) is 30.1 Å². The Morgan fingerprint density at radius 1 is 1.33 bits per heavy atom. The number of nitrogens with two attached hydrogens (primary N) is 1. The van der Waals surface area contributed by atoms with Gasteiger partial charge in [0.1, 0.15) is 5.75 Å². The lowest BCUT2D eigenvalue weighted by Crippen LogP contribution is -2.21. The van der Waals surface area contributed by atoms with Crippen molar-refractivity contribution >= 4 is 0 Å². The normalized spacial score (nSPS) is 12.4. The van der Waals surface area contributed by atoms with Crippen molar-refractivity contribution in [3.8, 4) is 17.2 Å². The summed E-state index contributed by atoms with van der Waals surface area (Å²) in [6.07, 6.45) is 1.53. The first-order valence-electron chi connectivity index (χ1n) is 5.95. The van der Waals surface area contributed by atoms with E-state index in [2.05, 4.69) is 10.1 Å². The molecule has 2 aromatic rings. The summed E-state index contributed by atoms with van der Waals surface area (Å²) < 4.78 is 10.3. The zero-order chi connectivity index (χ0) is 13.0. The Kier molecular flexibility index (Phi) is 3.94. The quantitative estimate of drug-likeness (QED) is 0.875. The first kappa shape index (κ1) is 12.6. The van der Waals surface area contributed by atoms with E-state index in [4.69, 9.17) is 15.0 Å². The van der Waals surface area contributed by atoms with Crippen LogP contribution in [-0.2, 0) is 6.42 Å². The molecule has 96 valence electrons. The lowest BCUT2D eigenvalue weighted by atomic mass is 10.1. The van der Waals surface area contributed by atoms with Gasteiger partial charge >= 0.3 is 0 Å². The van der Waals surface area contributed by atoms with Crippen molar-refractivity contribution in [2.75, 3.05) is 7.11 Å². The Morgan fingerprint density at radius 3 is 2.67 bits per heavy atom. The van der Waals surface area contributed by atoms with Crippen LogP contribution in [0.4, 0.5) is 0 Å². The number of ether oxygens (including phenoxy) is 1. The first-order valence-corrected chi connectivity index (χ1v) is 5.95. The van der Waals surface area contributed by atoms with Gasteiger partial charge in [-0.1, -0.05) is 12.1 Å². The Bertz CT molecular complexity index is 493. The fourth-order valence-electron chi connectivity index (χ4n) is 1.57. The summed E-state index contributed by atoms with van der Waals surface area (Å²) in [7, 11) is 1.63. The van der Waals surface area contributed by atoms with E-state index in [0.29, 0.717) is 18.1 Å². The molecular formula is C13H17N3O2. The number of aromatic nitrogens is 2. The number of hydrogen-bond donors (Lipinski definition) is 1. The minimum atomic E-state index is 0.0753. The van der Waals surface area contributed by atoms with Crippen LogP contribution < -0.4 is 10.5 Å². The van der Waals surface area contributed by atoms with Crippen LogP contribution in [0.1, 0.15) is 19.2 Å². The van der Waals surface area contributed by atoms with Gasteiger partial charge in [-0.3, -0.25) is 0 Å². The average Bonchev–Trinajstić information content (AvgIpc) is 2.87. The second-order valence-electron chi connectivity index (χ2n) is 4.12. The predicted octanol–water partition coefficient (Wildman–Crippen LogP) is 2.02. The van der Waals surface area contributed by atoms with Gasteiger partial charge in [-0.15, -0.1) is 0 Å². The van der Waals surface area contributed by atoms with Crippen molar-refractivity contribution in [2.45, 2.75) is 25.8 Å². The third-order valence-electron chi connectivity index (χ3n) is 2.77. The van der Waals surface area contributed by atoms with Crippen LogP contribution in [0.5, 0.6) is 5.75 Å². The second-order valence-corrected chi connectivity index (χ2v) is 4.12. The van der Waals surface area contributed by atoms with Gasteiger partial charge in [-0.25, -0.2) is 0 Å². The smallest absolute Gasteiger partial charge is 0.257 e. The van der Waals surface area contributed by atoms with Gasteiger partial charge in [-0.05, 0) is 30.7 Å². The van der Waals surface area contributed by atoms with E-state index >= 15 is 0 Å². The molecule has 0 fully saturated rings. The topological polar surface area (TPSA) is 74.2 Å². The third-order valence-corrected chi connectivity index (χ3v) is 2.77. The number of methoxy groups -OCH3 is 1. The Balaban J connectivity index is 2.13. The van der Waals surface area contributed by atoms with Gasteiger partial charge < -0.3 is 15.0 Å². The van der Waals surface area contributed by atoms with Gasteiger partial charge in [0.05, 0.1) is 7.11 Å². The molecule has 0 spiro atoms. The van der Waals surface area contributed by atoms with Gasteiger partial charge in [0, 0.05) is 18.0 Å². The molecular weight excluding hydrogens is 230 g/mol. The molecule has 0 aliphatic carbocycles. The minimum Gasteiger partial charge on any atom is -0.497 e.